The van der Waals surface area contributed by atoms with E-state index in [1.165, 1.54) is 12.1 Å². The van der Waals surface area contributed by atoms with E-state index >= 15 is 0 Å². The van der Waals surface area contributed by atoms with Crippen LogP contribution in [0.25, 0.3) is 0 Å². The molecule has 1 fully saturated rings. The second-order valence-electron chi connectivity index (χ2n) is 5.21. The van der Waals surface area contributed by atoms with E-state index in [1.807, 2.05) is 6.92 Å². The fourth-order valence-electron chi connectivity index (χ4n) is 2.68. The first-order valence-electron chi connectivity index (χ1n) is 6.48. The fraction of sp³-hybridized carbons (Fsp3) is 0.500. The second kappa shape index (κ2) is 6.29. The Morgan fingerprint density at radius 3 is 2.85 bits per heavy atom. The van der Waals surface area contributed by atoms with Crippen molar-refractivity contribution in [3.05, 3.63) is 33.6 Å². The molecule has 2 atom stereocenters. The van der Waals surface area contributed by atoms with Crippen LogP contribution >= 0.6 is 23.2 Å². The maximum Gasteiger partial charge on any atom is 0.303 e. The van der Waals surface area contributed by atoms with E-state index in [0.717, 1.165) is 13.0 Å². The number of hydrogen-bond donors (Lipinski definition) is 1. The monoisotopic (exact) mass is 319 g/mol. The second-order valence-corrected chi connectivity index (χ2v) is 6.03. The maximum absolute atomic E-state index is 13.6. The number of rotatable bonds is 4. The first-order chi connectivity index (χ1) is 9.38. The van der Waals surface area contributed by atoms with Gasteiger partial charge in [0.2, 0.25) is 0 Å². The zero-order chi connectivity index (χ0) is 14.9. The van der Waals surface area contributed by atoms with Crippen molar-refractivity contribution in [1.29, 1.82) is 0 Å². The lowest BCUT2D eigenvalue weighted by Crippen LogP contribution is -2.25. The first-order valence-corrected chi connectivity index (χ1v) is 7.24. The highest BCUT2D eigenvalue weighted by Crippen LogP contribution is 2.34. The molecule has 0 bridgehead atoms. The average Bonchev–Trinajstić information content (AvgIpc) is 2.80. The molecule has 0 amide bonds. The van der Waals surface area contributed by atoms with Crippen molar-refractivity contribution in [2.24, 2.45) is 5.92 Å². The van der Waals surface area contributed by atoms with Crippen LogP contribution in [0.1, 0.15) is 31.4 Å². The summed E-state index contributed by atoms with van der Waals surface area (Å²) in [6.07, 6.45) is 1.01. The smallest absolute Gasteiger partial charge is 0.303 e. The van der Waals surface area contributed by atoms with Crippen LogP contribution in [0.3, 0.4) is 0 Å². The third kappa shape index (κ3) is 3.43. The molecule has 1 N–H and O–H groups in total. The molecule has 3 nitrogen and oxygen atoms in total. The van der Waals surface area contributed by atoms with Gasteiger partial charge >= 0.3 is 5.97 Å². The van der Waals surface area contributed by atoms with Gasteiger partial charge in [0.25, 0.3) is 0 Å². The molecule has 2 rings (SSSR count). The van der Waals surface area contributed by atoms with Crippen LogP contribution in [0.5, 0.6) is 0 Å². The molecular weight excluding hydrogens is 304 g/mol. The van der Waals surface area contributed by atoms with E-state index in [1.54, 1.807) is 0 Å². The van der Waals surface area contributed by atoms with Crippen LogP contribution in [-0.4, -0.2) is 29.1 Å². The third-order valence-electron chi connectivity index (χ3n) is 3.82. The van der Waals surface area contributed by atoms with Gasteiger partial charge in [0.1, 0.15) is 5.82 Å². The topological polar surface area (TPSA) is 40.5 Å². The van der Waals surface area contributed by atoms with Crippen LogP contribution in [0, 0.1) is 11.7 Å². The van der Waals surface area contributed by atoms with Crippen molar-refractivity contribution >= 4 is 29.2 Å². The van der Waals surface area contributed by atoms with Gasteiger partial charge in [0.15, 0.2) is 0 Å². The lowest BCUT2D eigenvalue weighted by Gasteiger charge is -2.25. The van der Waals surface area contributed by atoms with E-state index < -0.39 is 11.8 Å². The summed E-state index contributed by atoms with van der Waals surface area (Å²) in [6.45, 7) is 3.42. The number of halogens is 3. The quantitative estimate of drug-likeness (QED) is 0.853. The summed E-state index contributed by atoms with van der Waals surface area (Å²) in [5, 5.41) is 9.27. The molecule has 1 aromatic carbocycles. The first kappa shape index (κ1) is 15.5. The molecular formula is C14H16Cl2FNO2. The molecule has 0 aromatic heterocycles. The Balaban J connectivity index is 2.11. The molecule has 2 unspecified atom stereocenters. The lowest BCUT2D eigenvalue weighted by molar-refractivity contribution is -0.138. The number of hydrogen-bond acceptors (Lipinski definition) is 2. The predicted octanol–water partition coefficient (Wildman–Crippen LogP) is 3.99. The van der Waals surface area contributed by atoms with E-state index in [2.05, 4.69) is 4.90 Å². The third-order valence-corrected chi connectivity index (χ3v) is 4.43. The SMILES string of the molecule is CC(c1cc(F)c(Cl)cc1Cl)N1CCC(CC(=O)O)C1. The number of carboxylic acid groups (broad SMARTS) is 1. The minimum absolute atomic E-state index is 0.0103. The van der Waals surface area contributed by atoms with E-state index in [0.29, 0.717) is 17.1 Å². The zero-order valence-corrected chi connectivity index (χ0v) is 12.6. The molecule has 0 radical (unpaired) electrons. The van der Waals surface area contributed by atoms with Crippen LogP contribution < -0.4 is 0 Å². The number of carbonyl (C=O) groups is 1. The maximum atomic E-state index is 13.6. The predicted molar refractivity (Wildman–Crippen MR) is 76.8 cm³/mol. The van der Waals surface area contributed by atoms with Gasteiger partial charge in [-0.1, -0.05) is 23.2 Å². The minimum Gasteiger partial charge on any atom is -0.481 e. The Labute approximate surface area is 127 Å². The molecule has 1 aliphatic rings. The van der Waals surface area contributed by atoms with Gasteiger partial charge in [0.05, 0.1) is 5.02 Å². The standard InChI is InChI=1S/C14H16Cl2FNO2/c1-8(10-5-13(17)12(16)6-11(10)15)18-3-2-9(7-18)4-14(19)20/h5-6,8-9H,2-4,7H2,1H3,(H,19,20). The van der Waals surface area contributed by atoms with Gasteiger partial charge in [-0.15, -0.1) is 0 Å². The van der Waals surface area contributed by atoms with Crippen LogP contribution in [0.4, 0.5) is 4.39 Å². The summed E-state index contributed by atoms with van der Waals surface area (Å²) in [6, 6.07) is 2.71. The number of benzene rings is 1. The summed E-state index contributed by atoms with van der Waals surface area (Å²) >= 11 is 11.8. The number of aliphatic carboxylic acids is 1. The van der Waals surface area contributed by atoms with Crippen molar-refractivity contribution < 1.29 is 14.3 Å². The molecule has 0 saturated carbocycles. The Bertz CT molecular complexity index is 524. The molecule has 6 heteroatoms. The Kier molecular flexibility index (Phi) is 4.89. The van der Waals surface area contributed by atoms with Gasteiger partial charge in [-0.2, -0.15) is 0 Å². The molecule has 0 aliphatic carbocycles. The van der Waals surface area contributed by atoms with E-state index in [9.17, 15) is 9.18 Å². The fourth-order valence-corrected chi connectivity index (χ4v) is 3.22. The van der Waals surface area contributed by atoms with E-state index in [-0.39, 0.29) is 23.4 Å². The molecule has 1 saturated heterocycles. The average molecular weight is 320 g/mol. The highest BCUT2D eigenvalue weighted by Gasteiger charge is 2.29. The number of carboxylic acids is 1. The Morgan fingerprint density at radius 1 is 1.50 bits per heavy atom. The molecule has 1 heterocycles. The number of likely N-dealkylation sites (tertiary alicyclic amines) is 1. The summed E-state index contributed by atoms with van der Waals surface area (Å²) in [5.41, 5.74) is 0.685. The summed E-state index contributed by atoms with van der Waals surface area (Å²) in [5.74, 6) is -1.12. The summed E-state index contributed by atoms with van der Waals surface area (Å²) in [4.78, 5) is 12.9. The van der Waals surface area contributed by atoms with Crippen molar-refractivity contribution in [3.8, 4) is 0 Å². The number of nitrogens with zero attached hydrogens (tertiary/aromatic N) is 1. The molecule has 0 spiro atoms. The Hall–Kier alpha value is -0.840. The van der Waals surface area contributed by atoms with Gasteiger partial charge in [0, 0.05) is 24.0 Å². The normalized spacial score (nSPS) is 21.1. The van der Waals surface area contributed by atoms with Gasteiger partial charge in [-0.05, 0) is 43.5 Å². The lowest BCUT2D eigenvalue weighted by atomic mass is 10.0. The molecule has 1 aromatic rings. The molecule has 20 heavy (non-hydrogen) atoms. The molecule has 110 valence electrons. The van der Waals surface area contributed by atoms with E-state index in [4.69, 9.17) is 28.3 Å². The van der Waals surface area contributed by atoms with Crippen LogP contribution in [0.2, 0.25) is 10.0 Å². The van der Waals surface area contributed by atoms with Gasteiger partial charge < -0.3 is 5.11 Å². The zero-order valence-electron chi connectivity index (χ0n) is 11.1. The minimum atomic E-state index is -0.778. The van der Waals surface area contributed by atoms with Crippen molar-refractivity contribution in [1.82, 2.24) is 4.90 Å². The van der Waals surface area contributed by atoms with Crippen molar-refractivity contribution in [2.75, 3.05) is 13.1 Å². The highest BCUT2D eigenvalue weighted by molar-refractivity contribution is 6.35. The van der Waals surface area contributed by atoms with Gasteiger partial charge in [-0.3, -0.25) is 9.69 Å². The highest BCUT2D eigenvalue weighted by atomic mass is 35.5. The Morgan fingerprint density at radius 2 is 2.20 bits per heavy atom. The van der Waals surface area contributed by atoms with Gasteiger partial charge in [-0.25, -0.2) is 4.39 Å². The van der Waals surface area contributed by atoms with Crippen LogP contribution in [-0.2, 0) is 4.79 Å². The van der Waals surface area contributed by atoms with Crippen LogP contribution in [0.15, 0.2) is 12.1 Å². The summed E-state index contributed by atoms with van der Waals surface area (Å²) in [7, 11) is 0. The summed E-state index contributed by atoms with van der Waals surface area (Å²) < 4.78 is 13.6. The largest absolute Gasteiger partial charge is 0.481 e. The van der Waals surface area contributed by atoms with Crippen molar-refractivity contribution in [3.63, 3.8) is 0 Å². The van der Waals surface area contributed by atoms with Crippen molar-refractivity contribution in [2.45, 2.75) is 25.8 Å². The molecule has 1 aliphatic heterocycles.